The van der Waals surface area contributed by atoms with E-state index >= 15 is 4.39 Å². The van der Waals surface area contributed by atoms with Gasteiger partial charge in [-0.05, 0) is 66.9 Å². The molecular formula is C28H27F3N2O5S. The molecule has 2 atom stereocenters. The van der Waals surface area contributed by atoms with E-state index in [9.17, 15) is 27.1 Å². The van der Waals surface area contributed by atoms with E-state index in [1.807, 2.05) is 0 Å². The number of hydrogen-bond donors (Lipinski definition) is 1. The molecule has 1 aliphatic heterocycles. The van der Waals surface area contributed by atoms with Crippen LogP contribution in [0.3, 0.4) is 0 Å². The Balaban J connectivity index is 1.68. The molecule has 2 aromatic carbocycles. The van der Waals surface area contributed by atoms with Gasteiger partial charge in [0.1, 0.15) is 11.4 Å². The van der Waals surface area contributed by atoms with Crippen LogP contribution < -0.4 is 0 Å². The van der Waals surface area contributed by atoms with Gasteiger partial charge in [0.25, 0.3) is 5.91 Å². The van der Waals surface area contributed by atoms with Gasteiger partial charge in [0.2, 0.25) is 0 Å². The van der Waals surface area contributed by atoms with E-state index in [-0.39, 0.29) is 29.0 Å². The molecule has 2 unspecified atom stereocenters. The summed E-state index contributed by atoms with van der Waals surface area (Å²) in [7, 11) is -2.32. The van der Waals surface area contributed by atoms with E-state index in [0.29, 0.717) is 11.3 Å². The third-order valence-corrected chi connectivity index (χ3v) is 7.77. The maximum atomic E-state index is 15.3. The molecule has 0 spiro atoms. The molecule has 1 N–H and O–H groups in total. The molecule has 11 heteroatoms. The van der Waals surface area contributed by atoms with Crippen molar-refractivity contribution in [1.29, 1.82) is 0 Å². The number of hydrogen-bond acceptors (Lipinski definition) is 6. The van der Waals surface area contributed by atoms with Crippen molar-refractivity contribution in [1.82, 2.24) is 9.88 Å². The second-order valence-electron chi connectivity index (χ2n) is 9.78. The fourth-order valence-electron chi connectivity index (χ4n) is 4.32. The third-order valence-electron chi connectivity index (χ3n) is 6.39. The normalized spacial score (nSPS) is 17.3. The van der Waals surface area contributed by atoms with Gasteiger partial charge in [-0.3, -0.25) is 9.78 Å². The van der Waals surface area contributed by atoms with Crippen LogP contribution in [0.1, 0.15) is 36.8 Å². The molecule has 0 saturated carbocycles. The molecule has 0 aliphatic carbocycles. The van der Waals surface area contributed by atoms with Crippen LogP contribution in [0, 0.1) is 17.5 Å². The van der Waals surface area contributed by atoms with Crippen molar-refractivity contribution in [2.24, 2.45) is 0 Å². The van der Waals surface area contributed by atoms with E-state index in [1.165, 1.54) is 42.5 Å². The number of sulfone groups is 1. The molecule has 3 aromatic rings. The molecule has 2 heterocycles. The predicted octanol–water partition coefficient (Wildman–Crippen LogP) is 4.42. The summed E-state index contributed by atoms with van der Waals surface area (Å²) in [6, 6.07) is 9.41. The number of benzene rings is 2. The Morgan fingerprint density at radius 3 is 2.31 bits per heavy atom. The minimum Gasteiger partial charge on any atom is -0.384 e. The number of carbonyl (C=O) groups is 1. The highest BCUT2D eigenvalue weighted by molar-refractivity contribution is 7.94. The summed E-state index contributed by atoms with van der Waals surface area (Å²) in [6.07, 6.45) is 1.42. The van der Waals surface area contributed by atoms with Gasteiger partial charge in [-0.25, -0.2) is 21.6 Å². The van der Waals surface area contributed by atoms with Gasteiger partial charge in [0, 0.05) is 30.8 Å². The molecule has 39 heavy (non-hydrogen) atoms. The number of pyridine rings is 1. The number of aromatic nitrogens is 1. The molecule has 206 valence electrons. The average molecular weight is 561 g/mol. The van der Waals surface area contributed by atoms with Crippen molar-refractivity contribution in [3.63, 3.8) is 0 Å². The fourth-order valence-corrected chi connectivity index (χ4v) is 5.62. The zero-order valence-electron chi connectivity index (χ0n) is 21.4. The molecule has 0 saturated heterocycles. The topological polar surface area (TPSA) is 96.8 Å². The van der Waals surface area contributed by atoms with Crippen molar-refractivity contribution >= 4 is 15.7 Å². The number of methoxy groups -OCH3 is 1. The lowest BCUT2D eigenvalue weighted by atomic mass is 9.99. The van der Waals surface area contributed by atoms with Gasteiger partial charge < -0.3 is 14.7 Å². The lowest BCUT2D eigenvalue weighted by Crippen LogP contribution is -2.43. The summed E-state index contributed by atoms with van der Waals surface area (Å²) in [6.45, 7) is 3.05. The van der Waals surface area contributed by atoms with Crippen LogP contribution in [0.4, 0.5) is 13.2 Å². The largest absolute Gasteiger partial charge is 0.384 e. The zero-order valence-corrected chi connectivity index (χ0v) is 22.3. The summed E-state index contributed by atoms with van der Waals surface area (Å²) in [4.78, 5) is 19.2. The van der Waals surface area contributed by atoms with Crippen molar-refractivity contribution in [2.45, 2.75) is 38.1 Å². The average Bonchev–Trinajstić information content (AvgIpc) is 3.24. The standard InChI is InChI=1S/C28H27F3N2O5S/c1-28(2,35)25-12-17(8-10-32-25)15-33(20-9-11-39(36,37)16-20)27(34)26(38-3)21-6-4-18(13-23(21)30)19-5-7-22(29)24(31)14-19/h4-14,20,26,35H,15-16H2,1-3H3. The van der Waals surface area contributed by atoms with Gasteiger partial charge in [-0.15, -0.1) is 0 Å². The third kappa shape index (κ3) is 6.38. The number of nitrogens with zero attached hydrogens (tertiary/aromatic N) is 2. The quantitative estimate of drug-likeness (QED) is 0.438. The Labute approximate surface area is 224 Å². The van der Waals surface area contributed by atoms with Crippen LogP contribution in [-0.2, 0) is 31.5 Å². The minimum absolute atomic E-state index is 0.0661. The molecule has 7 nitrogen and oxygen atoms in total. The molecule has 0 bridgehead atoms. The summed E-state index contributed by atoms with van der Waals surface area (Å²) in [5, 5.41) is 11.4. The molecule has 4 rings (SSSR count). The van der Waals surface area contributed by atoms with Crippen LogP contribution in [0.2, 0.25) is 0 Å². The number of rotatable bonds is 8. The van der Waals surface area contributed by atoms with Gasteiger partial charge in [0.05, 0.1) is 17.5 Å². The number of carbonyl (C=O) groups excluding carboxylic acids is 1. The molecular weight excluding hydrogens is 533 g/mol. The van der Waals surface area contributed by atoms with E-state index in [1.54, 1.807) is 26.0 Å². The molecule has 0 fully saturated rings. The number of aliphatic hydroxyl groups is 1. The number of amides is 1. The van der Waals surface area contributed by atoms with Crippen LogP contribution in [0.15, 0.2) is 66.2 Å². The highest BCUT2D eigenvalue weighted by Gasteiger charge is 2.36. The van der Waals surface area contributed by atoms with Gasteiger partial charge in [-0.2, -0.15) is 0 Å². The summed E-state index contributed by atoms with van der Waals surface area (Å²) in [5.41, 5.74) is 0.0456. The van der Waals surface area contributed by atoms with Crippen molar-refractivity contribution in [2.75, 3.05) is 12.9 Å². The second-order valence-corrected chi connectivity index (χ2v) is 11.7. The first-order valence-corrected chi connectivity index (χ1v) is 13.7. The van der Waals surface area contributed by atoms with E-state index in [4.69, 9.17) is 4.74 Å². The summed E-state index contributed by atoms with van der Waals surface area (Å²) >= 11 is 0. The van der Waals surface area contributed by atoms with Crippen LogP contribution in [-0.4, -0.2) is 48.2 Å². The Bertz CT molecular complexity index is 1540. The van der Waals surface area contributed by atoms with Gasteiger partial charge in [0.15, 0.2) is 27.6 Å². The van der Waals surface area contributed by atoms with Crippen LogP contribution in [0.25, 0.3) is 11.1 Å². The van der Waals surface area contributed by atoms with E-state index in [0.717, 1.165) is 23.6 Å². The first kappa shape index (κ1) is 28.5. The highest BCUT2D eigenvalue weighted by Crippen LogP contribution is 2.31. The van der Waals surface area contributed by atoms with Crippen molar-refractivity contribution in [3.8, 4) is 11.1 Å². The molecule has 0 radical (unpaired) electrons. The maximum Gasteiger partial charge on any atom is 0.257 e. The molecule has 1 aromatic heterocycles. The van der Waals surface area contributed by atoms with Crippen LogP contribution >= 0.6 is 0 Å². The Morgan fingerprint density at radius 2 is 1.74 bits per heavy atom. The Hall–Kier alpha value is -3.54. The fraction of sp³-hybridized carbons (Fsp3) is 0.286. The van der Waals surface area contributed by atoms with Gasteiger partial charge >= 0.3 is 0 Å². The lowest BCUT2D eigenvalue weighted by molar-refractivity contribution is -0.144. The molecule has 1 aliphatic rings. The first-order chi connectivity index (χ1) is 18.3. The summed E-state index contributed by atoms with van der Waals surface area (Å²) in [5.74, 6) is -3.98. The maximum absolute atomic E-state index is 15.3. The SMILES string of the molecule is COC(C(=O)N(Cc1ccnc(C(C)(C)O)c1)C1C=CS(=O)(=O)C1)c1ccc(-c2ccc(F)c(F)c2)cc1F. The zero-order chi connectivity index (χ0) is 28.5. The Kier molecular flexibility index (Phi) is 7.97. The second kappa shape index (κ2) is 10.9. The van der Waals surface area contributed by atoms with Gasteiger partial charge in [-0.1, -0.05) is 18.2 Å². The number of halogens is 3. The molecule has 1 amide bonds. The Morgan fingerprint density at radius 1 is 1.08 bits per heavy atom. The van der Waals surface area contributed by atoms with Crippen molar-refractivity contribution < 1.29 is 36.2 Å². The van der Waals surface area contributed by atoms with E-state index < -0.39 is 50.9 Å². The monoisotopic (exact) mass is 560 g/mol. The summed E-state index contributed by atoms with van der Waals surface area (Å²) < 4.78 is 72.1. The predicted molar refractivity (Wildman–Crippen MR) is 138 cm³/mol. The number of ether oxygens (including phenoxy) is 1. The van der Waals surface area contributed by atoms with Crippen molar-refractivity contribution in [3.05, 3.63) is 100 Å². The lowest BCUT2D eigenvalue weighted by Gasteiger charge is -2.31. The van der Waals surface area contributed by atoms with Crippen LogP contribution in [0.5, 0.6) is 0 Å². The van der Waals surface area contributed by atoms with E-state index in [2.05, 4.69) is 4.98 Å². The minimum atomic E-state index is -3.54. The first-order valence-electron chi connectivity index (χ1n) is 12.0. The highest BCUT2D eigenvalue weighted by atomic mass is 32.2. The smallest absolute Gasteiger partial charge is 0.257 e.